The lowest BCUT2D eigenvalue weighted by atomic mass is 10.3. The van der Waals surface area contributed by atoms with E-state index in [-0.39, 0.29) is 0 Å². The Morgan fingerprint density at radius 1 is 1.26 bits per heavy atom. The zero-order valence-electron chi connectivity index (χ0n) is 11.6. The van der Waals surface area contributed by atoms with Gasteiger partial charge in [-0.25, -0.2) is 9.97 Å². The molecule has 102 valence electrons. The summed E-state index contributed by atoms with van der Waals surface area (Å²) in [6.45, 7) is 4.76. The highest BCUT2D eigenvalue weighted by atomic mass is 15.3. The van der Waals surface area contributed by atoms with Crippen LogP contribution in [0.4, 0.5) is 11.6 Å². The Hall–Kier alpha value is -1.87. The minimum absolute atomic E-state index is 0.609. The highest BCUT2D eigenvalue weighted by molar-refractivity contribution is 5.49. The van der Waals surface area contributed by atoms with Crippen LogP contribution in [0.25, 0.3) is 0 Å². The molecule has 0 radical (unpaired) electrons. The van der Waals surface area contributed by atoms with E-state index in [1.54, 1.807) is 6.33 Å². The fraction of sp³-hybridized carbons (Fsp3) is 0.615. The first-order valence-corrected chi connectivity index (χ1v) is 6.54. The fourth-order valence-corrected chi connectivity index (χ4v) is 2.16. The van der Waals surface area contributed by atoms with E-state index in [1.807, 2.05) is 25.1 Å². The van der Waals surface area contributed by atoms with Crippen LogP contribution in [0.15, 0.2) is 12.4 Å². The molecule has 6 nitrogen and oxygen atoms in total. The molecule has 2 heterocycles. The predicted molar refractivity (Wildman–Crippen MR) is 75.2 cm³/mol. The molecule has 1 aromatic heterocycles. The number of hydrogen-bond acceptors (Lipinski definition) is 6. The van der Waals surface area contributed by atoms with E-state index in [1.165, 1.54) is 0 Å². The molecule has 0 bridgehead atoms. The number of aromatic nitrogens is 2. The summed E-state index contributed by atoms with van der Waals surface area (Å²) in [4.78, 5) is 15.2. The predicted octanol–water partition coefficient (Wildman–Crippen LogP) is 0.578. The van der Waals surface area contributed by atoms with Gasteiger partial charge in [-0.3, -0.25) is 4.90 Å². The number of nitriles is 1. The lowest BCUT2D eigenvalue weighted by molar-refractivity contribution is 0.263. The number of hydrogen-bond donors (Lipinski definition) is 0. The van der Waals surface area contributed by atoms with Crippen LogP contribution in [-0.4, -0.2) is 61.7 Å². The Morgan fingerprint density at radius 2 is 2.00 bits per heavy atom. The number of anilines is 2. The molecule has 0 aliphatic carbocycles. The Morgan fingerprint density at radius 3 is 2.63 bits per heavy atom. The maximum Gasteiger partial charge on any atom is 0.134 e. The molecule has 1 aromatic rings. The van der Waals surface area contributed by atoms with E-state index in [2.05, 4.69) is 25.8 Å². The third kappa shape index (κ3) is 3.55. The number of piperazine rings is 1. The molecule has 0 aromatic carbocycles. The third-order valence-electron chi connectivity index (χ3n) is 3.33. The first kappa shape index (κ1) is 13.6. The molecular formula is C13H20N6. The molecule has 0 amide bonds. The van der Waals surface area contributed by atoms with Crippen molar-refractivity contribution in [3.8, 4) is 6.07 Å². The molecule has 1 aliphatic heterocycles. The molecule has 0 spiro atoms. The van der Waals surface area contributed by atoms with Crippen molar-refractivity contribution < 1.29 is 0 Å². The molecular weight excluding hydrogens is 240 g/mol. The van der Waals surface area contributed by atoms with Crippen LogP contribution in [-0.2, 0) is 0 Å². The van der Waals surface area contributed by atoms with Crippen LogP contribution in [0.3, 0.4) is 0 Å². The molecule has 6 heteroatoms. The summed E-state index contributed by atoms with van der Waals surface area (Å²) in [7, 11) is 3.96. The Labute approximate surface area is 114 Å². The van der Waals surface area contributed by atoms with Crippen molar-refractivity contribution in [3.05, 3.63) is 12.4 Å². The smallest absolute Gasteiger partial charge is 0.134 e. The summed E-state index contributed by atoms with van der Waals surface area (Å²) in [6, 6.07) is 4.22. The first-order valence-electron chi connectivity index (χ1n) is 6.54. The zero-order chi connectivity index (χ0) is 13.7. The molecule has 1 fully saturated rings. The summed E-state index contributed by atoms with van der Waals surface area (Å²) in [5, 5.41) is 8.60. The van der Waals surface area contributed by atoms with Gasteiger partial charge in [-0.2, -0.15) is 5.26 Å². The van der Waals surface area contributed by atoms with Crippen LogP contribution in [0, 0.1) is 11.3 Å². The van der Waals surface area contributed by atoms with Gasteiger partial charge in [0.05, 0.1) is 6.07 Å². The molecule has 0 atom stereocenters. The minimum Gasteiger partial charge on any atom is -0.363 e. The Kier molecular flexibility index (Phi) is 4.53. The summed E-state index contributed by atoms with van der Waals surface area (Å²) in [5.74, 6) is 1.91. The van der Waals surface area contributed by atoms with Crippen LogP contribution in [0.5, 0.6) is 0 Å². The van der Waals surface area contributed by atoms with Crippen molar-refractivity contribution in [2.45, 2.75) is 6.42 Å². The SMILES string of the molecule is CN(C)c1cc(N2CCN(CCC#N)CC2)ncn1. The van der Waals surface area contributed by atoms with Crippen molar-refractivity contribution in [3.63, 3.8) is 0 Å². The van der Waals surface area contributed by atoms with Crippen LogP contribution < -0.4 is 9.80 Å². The van der Waals surface area contributed by atoms with E-state index in [9.17, 15) is 0 Å². The fourth-order valence-electron chi connectivity index (χ4n) is 2.16. The van der Waals surface area contributed by atoms with Gasteiger partial charge in [0.25, 0.3) is 0 Å². The standard InChI is InChI=1S/C13H20N6/c1-17(2)12-10-13(16-11-15-12)19-8-6-18(7-9-19)5-3-4-14/h10-11H,3,5-9H2,1-2H3. The van der Waals surface area contributed by atoms with Crippen molar-refractivity contribution in [2.24, 2.45) is 0 Å². The van der Waals surface area contributed by atoms with Crippen LogP contribution >= 0.6 is 0 Å². The van der Waals surface area contributed by atoms with Gasteiger partial charge in [0.1, 0.15) is 18.0 Å². The molecule has 2 rings (SSSR count). The van der Waals surface area contributed by atoms with Gasteiger partial charge < -0.3 is 9.80 Å². The van der Waals surface area contributed by atoms with Crippen molar-refractivity contribution >= 4 is 11.6 Å². The summed E-state index contributed by atoms with van der Waals surface area (Å²) < 4.78 is 0. The highest BCUT2D eigenvalue weighted by Crippen LogP contribution is 2.17. The largest absolute Gasteiger partial charge is 0.363 e. The first-order chi connectivity index (χ1) is 9.20. The summed E-state index contributed by atoms with van der Waals surface area (Å²) in [6.07, 6.45) is 2.23. The van der Waals surface area contributed by atoms with Gasteiger partial charge in [-0.15, -0.1) is 0 Å². The van der Waals surface area contributed by atoms with Gasteiger partial charge in [0, 0.05) is 59.3 Å². The summed E-state index contributed by atoms with van der Waals surface area (Å²) in [5.41, 5.74) is 0. The molecule has 0 unspecified atom stereocenters. The van der Waals surface area contributed by atoms with E-state index in [0.717, 1.165) is 44.4 Å². The van der Waals surface area contributed by atoms with Gasteiger partial charge in [-0.1, -0.05) is 0 Å². The second-order valence-electron chi connectivity index (χ2n) is 4.87. The van der Waals surface area contributed by atoms with Crippen molar-refractivity contribution in [1.29, 1.82) is 5.26 Å². The molecule has 0 saturated carbocycles. The quantitative estimate of drug-likeness (QED) is 0.789. The third-order valence-corrected chi connectivity index (χ3v) is 3.33. The van der Waals surface area contributed by atoms with Crippen molar-refractivity contribution in [1.82, 2.24) is 14.9 Å². The maximum atomic E-state index is 8.60. The van der Waals surface area contributed by atoms with Crippen LogP contribution in [0.2, 0.25) is 0 Å². The lowest BCUT2D eigenvalue weighted by Crippen LogP contribution is -2.46. The maximum absolute atomic E-state index is 8.60. The highest BCUT2D eigenvalue weighted by Gasteiger charge is 2.18. The molecule has 1 aliphatic rings. The second-order valence-corrected chi connectivity index (χ2v) is 4.87. The average molecular weight is 260 g/mol. The topological polar surface area (TPSA) is 59.3 Å². The lowest BCUT2D eigenvalue weighted by Gasteiger charge is -2.35. The van der Waals surface area contributed by atoms with Gasteiger partial charge >= 0.3 is 0 Å². The monoisotopic (exact) mass is 260 g/mol. The van der Waals surface area contributed by atoms with Gasteiger partial charge in [-0.05, 0) is 0 Å². The average Bonchev–Trinajstić information content (AvgIpc) is 2.46. The van der Waals surface area contributed by atoms with Gasteiger partial charge in [0.15, 0.2) is 0 Å². The summed E-state index contributed by atoms with van der Waals surface area (Å²) >= 11 is 0. The van der Waals surface area contributed by atoms with E-state index in [0.29, 0.717) is 6.42 Å². The van der Waals surface area contributed by atoms with Crippen molar-refractivity contribution in [2.75, 3.05) is 56.6 Å². The number of rotatable bonds is 4. The molecule has 1 saturated heterocycles. The van der Waals surface area contributed by atoms with E-state index < -0.39 is 0 Å². The molecule has 19 heavy (non-hydrogen) atoms. The molecule has 0 N–H and O–H groups in total. The van der Waals surface area contributed by atoms with E-state index in [4.69, 9.17) is 5.26 Å². The normalized spacial score (nSPS) is 16.2. The van der Waals surface area contributed by atoms with Crippen LogP contribution in [0.1, 0.15) is 6.42 Å². The second kappa shape index (κ2) is 6.34. The van der Waals surface area contributed by atoms with Gasteiger partial charge in [0.2, 0.25) is 0 Å². The van der Waals surface area contributed by atoms with E-state index >= 15 is 0 Å². The zero-order valence-corrected chi connectivity index (χ0v) is 11.6. The number of nitrogens with zero attached hydrogens (tertiary/aromatic N) is 6. The Balaban J connectivity index is 1.94. The Bertz CT molecular complexity index is 445. The minimum atomic E-state index is 0.609.